The molecule has 2 N–H and O–H groups in total. The van der Waals surface area contributed by atoms with Gasteiger partial charge in [-0.25, -0.2) is 4.39 Å². The average molecular weight is 333 g/mol. The Bertz CT molecular complexity index is 758. The summed E-state index contributed by atoms with van der Waals surface area (Å²) in [4.78, 5) is 23.8. The third-order valence-corrected chi connectivity index (χ3v) is 3.85. The zero-order valence-corrected chi connectivity index (χ0v) is 12.9. The van der Waals surface area contributed by atoms with Gasteiger partial charge in [0, 0.05) is 17.3 Å². The summed E-state index contributed by atoms with van der Waals surface area (Å²) in [5.74, 6) is -0.762. The number of anilines is 2. The van der Waals surface area contributed by atoms with Crippen LogP contribution in [0.4, 0.5) is 15.8 Å². The number of rotatable bonds is 4. The number of hydrogen-bond donors (Lipinski definition) is 2. The van der Waals surface area contributed by atoms with Crippen molar-refractivity contribution in [3.8, 4) is 0 Å². The summed E-state index contributed by atoms with van der Waals surface area (Å²) in [5.41, 5.74) is 1.43. The number of halogens is 2. The van der Waals surface area contributed by atoms with Crippen LogP contribution in [-0.4, -0.2) is 11.8 Å². The van der Waals surface area contributed by atoms with Crippen molar-refractivity contribution in [2.24, 2.45) is 5.92 Å². The largest absolute Gasteiger partial charge is 0.326 e. The molecule has 0 saturated heterocycles. The molecule has 0 bridgehead atoms. The Kier molecular flexibility index (Phi) is 4.30. The van der Waals surface area contributed by atoms with Crippen molar-refractivity contribution in [1.29, 1.82) is 0 Å². The molecular formula is C17H14ClFN2O2. The first-order chi connectivity index (χ1) is 11.0. The Morgan fingerprint density at radius 2 is 1.61 bits per heavy atom. The maximum Gasteiger partial charge on any atom is 0.257 e. The Hall–Kier alpha value is -2.40. The van der Waals surface area contributed by atoms with Gasteiger partial charge in [-0.3, -0.25) is 9.59 Å². The van der Waals surface area contributed by atoms with Crippen molar-refractivity contribution in [2.45, 2.75) is 12.8 Å². The first-order valence-corrected chi connectivity index (χ1v) is 7.58. The molecule has 1 aliphatic carbocycles. The molecular weight excluding hydrogens is 319 g/mol. The Labute approximate surface area is 137 Å². The van der Waals surface area contributed by atoms with Crippen molar-refractivity contribution in [1.82, 2.24) is 0 Å². The van der Waals surface area contributed by atoms with Gasteiger partial charge in [-0.2, -0.15) is 0 Å². The molecule has 2 amide bonds. The molecule has 1 saturated carbocycles. The van der Waals surface area contributed by atoms with E-state index in [-0.39, 0.29) is 22.4 Å². The summed E-state index contributed by atoms with van der Waals surface area (Å²) in [6.07, 6.45) is 1.89. The Morgan fingerprint density at radius 1 is 1.00 bits per heavy atom. The lowest BCUT2D eigenvalue weighted by Gasteiger charge is -2.08. The molecule has 0 aromatic heterocycles. The van der Waals surface area contributed by atoms with Crippen molar-refractivity contribution in [3.63, 3.8) is 0 Å². The van der Waals surface area contributed by atoms with E-state index in [2.05, 4.69) is 10.6 Å². The Morgan fingerprint density at radius 3 is 2.17 bits per heavy atom. The number of hydrogen-bond acceptors (Lipinski definition) is 2. The highest BCUT2D eigenvalue weighted by Crippen LogP contribution is 2.30. The molecule has 1 fully saturated rings. The van der Waals surface area contributed by atoms with Gasteiger partial charge in [0.25, 0.3) is 5.91 Å². The minimum Gasteiger partial charge on any atom is -0.326 e. The molecule has 0 radical (unpaired) electrons. The minimum absolute atomic E-state index is 0.0277. The van der Waals surface area contributed by atoms with E-state index >= 15 is 0 Å². The highest BCUT2D eigenvalue weighted by Gasteiger charge is 2.29. The maximum atomic E-state index is 13.0. The fraction of sp³-hybridized carbons (Fsp3) is 0.176. The van der Waals surface area contributed by atoms with Gasteiger partial charge in [0.1, 0.15) is 5.82 Å². The lowest BCUT2D eigenvalue weighted by Crippen LogP contribution is -2.14. The van der Waals surface area contributed by atoms with Gasteiger partial charge >= 0.3 is 0 Å². The minimum atomic E-state index is -0.498. The second kappa shape index (κ2) is 6.38. The number of amides is 2. The summed E-state index contributed by atoms with van der Waals surface area (Å²) in [7, 11) is 0. The average Bonchev–Trinajstić information content (AvgIpc) is 3.33. The normalized spacial score (nSPS) is 13.5. The van der Waals surface area contributed by atoms with Crippen LogP contribution in [0.15, 0.2) is 42.5 Å². The molecule has 6 heteroatoms. The van der Waals surface area contributed by atoms with Crippen molar-refractivity contribution < 1.29 is 14.0 Å². The van der Waals surface area contributed by atoms with Gasteiger partial charge in [0.15, 0.2) is 0 Å². The molecule has 3 rings (SSSR count). The van der Waals surface area contributed by atoms with Gasteiger partial charge in [0.2, 0.25) is 5.91 Å². The van der Waals surface area contributed by atoms with E-state index in [1.165, 1.54) is 12.1 Å². The molecule has 2 aromatic carbocycles. The van der Waals surface area contributed by atoms with E-state index in [1.54, 1.807) is 24.3 Å². The molecule has 0 aliphatic heterocycles. The van der Waals surface area contributed by atoms with E-state index in [0.717, 1.165) is 18.9 Å². The van der Waals surface area contributed by atoms with Crippen LogP contribution >= 0.6 is 11.6 Å². The van der Waals surface area contributed by atoms with Crippen LogP contribution in [-0.2, 0) is 4.79 Å². The third-order valence-electron chi connectivity index (χ3n) is 3.53. The summed E-state index contributed by atoms with van der Waals surface area (Å²) in [6.45, 7) is 0. The van der Waals surface area contributed by atoms with E-state index in [0.29, 0.717) is 11.4 Å². The number of carbonyl (C=O) groups is 2. The predicted molar refractivity (Wildman–Crippen MR) is 87.2 cm³/mol. The highest BCUT2D eigenvalue weighted by molar-refractivity contribution is 6.34. The van der Waals surface area contributed by atoms with Crippen molar-refractivity contribution in [3.05, 3.63) is 58.9 Å². The zero-order chi connectivity index (χ0) is 16.4. The Balaban J connectivity index is 1.65. The molecule has 0 unspecified atom stereocenters. The first-order valence-electron chi connectivity index (χ1n) is 7.20. The molecule has 0 atom stereocenters. The second-order valence-electron chi connectivity index (χ2n) is 5.42. The van der Waals surface area contributed by atoms with Gasteiger partial charge in [0.05, 0.1) is 10.6 Å². The van der Waals surface area contributed by atoms with Crippen LogP contribution in [0.3, 0.4) is 0 Å². The topological polar surface area (TPSA) is 58.2 Å². The molecule has 1 aliphatic rings. The smallest absolute Gasteiger partial charge is 0.257 e. The number of benzene rings is 2. The van der Waals surface area contributed by atoms with Gasteiger partial charge in [-0.1, -0.05) is 11.6 Å². The number of nitrogens with one attached hydrogen (secondary N) is 2. The number of carbonyl (C=O) groups excluding carboxylic acids is 2. The summed E-state index contributed by atoms with van der Waals surface area (Å²) < 4.78 is 13.0. The van der Waals surface area contributed by atoms with Gasteiger partial charge in [-0.15, -0.1) is 0 Å². The summed E-state index contributed by atoms with van der Waals surface area (Å²) in [6, 6.07) is 10.4. The van der Waals surface area contributed by atoms with E-state index in [1.807, 2.05) is 0 Å². The quantitative estimate of drug-likeness (QED) is 0.886. The van der Waals surface area contributed by atoms with Crippen LogP contribution in [0.2, 0.25) is 5.02 Å². The SMILES string of the molecule is O=C(Nc1ccc(NC(=O)C2CC2)cc1)c1ccc(F)cc1Cl. The van der Waals surface area contributed by atoms with Crippen LogP contribution in [0, 0.1) is 11.7 Å². The molecule has 2 aromatic rings. The molecule has 0 heterocycles. The summed E-state index contributed by atoms with van der Waals surface area (Å²) >= 11 is 5.86. The lowest BCUT2D eigenvalue weighted by atomic mass is 10.2. The van der Waals surface area contributed by atoms with Crippen LogP contribution in [0.5, 0.6) is 0 Å². The third kappa shape index (κ3) is 3.87. The fourth-order valence-corrected chi connectivity index (χ4v) is 2.35. The van der Waals surface area contributed by atoms with Crippen LogP contribution in [0.25, 0.3) is 0 Å². The molecule has 118 valence electrons. The lowest BCUT2D eigenvalue weighted by molar-refractivity contribution is -0.117. The van der Waals surface area contributed by atoms with E-state index < -0.39 is 11.7 Å². The molecule has 0 spiro atoms. The van der Waals surface area contributed by atoms with E-state index in [9.17, 15) is 14.0 Å². The standard InChI is InChI=1S/C17H14ClFN2O2/c18-15-9-11(19)3-8-14(15)17(23)21-13-6-4-12(5-7-13)20-16(22)10-1-2-10/h3-10H,1-2H2,(H,20,22)(H,21,23). The van der Waals surface area contributed by atoms with E-state index in [4.69, 9.17) is 11.6 Å². The van der Waals surface area contributed by atoms with Crippen molar-refractivity contribution >= 4 is 34.8 Å². The van der Waals surface area contributed by atoms with Gasteiger partial charge < -0.3 is 10.6 Å². The second-order valence-corrected chi connectivity index (χ2v) is 5.83. The summed E-state index contributed by atoms with van der Waals surface area (Å²) in [5, 5.41) is 5.54. The fourth-order valence-electron chi connectivity index (χ4n) is 2.10. The molecule has 23 heavy (non-hydrogen) atoms. The maximum absolute atomic E-state index is 13.0. The predicted octanol–water partition coefficient (Wildman–Crippen LogP) is 4.08. The monoisotopic (exact) mass is 332 g/mol. The van der Waals surface area contributed by atoms with Crippen LogP contribution < -0.4 is 10.6 Å². The highest BCUT2D eigenvalue weighted by atomic mass is 35.5. The van der Waals surface area contributed by atoms with Gasteiger partial charge in [-0.05, 0) is 55.3 Å². The first kappa shape index (κ1) is 15.5. The van der Waals surface area contributed by atoms with Crippen LogP contribution in [0.1, 0.15) is 23.2 Å². The molecule has 4 nitrogen and oxygen atoms in total. The van der Waals surface area contributed by atoms with Crippen molar-refractivity contribution in [2.75, 3.05) is 10.6 Å². The zero-order valence-electron chi connectivity index (χ0n) is 12.1.